The first kappa shape index (κ1) is 12.8. The minimum atomic E-state index is -1.00. The number of anilines is 1. The lowest BCUT2D eigenvalue weighted by atomic mass is 10.0. The molecule has 1 fully saturated rings. The zero-order valence-corrected chi connectivity index (χ0v) is 9.78. The van der Waals surface area contributed by atoms with Crippen LogP contribution < -0.4 is 10.6 Å². The van der Waals surface area contributed by atoms with E-state index in [9.17, 15) is 14.3 Å². The molecule has 1 aromatic carbocycles. The summed E-state index contributed by atoms with van der Waals surface area (Å²) in [6, 6.07) is 5.11. The highest BCUT2D eigenvalue weighted by Crippen LogP contribution is 2.17. The molecule has 1 aromatic rings. The van der Waals surface area contributed by atoms with Gasteiger partial charge in [-0.15, -0.1) is 0 Å². The molecule has 98 valence electrons. The van der Waals surface area contributed by atoms with Gasteiger partial charge in [-0.2, -0.15) is 0 Å². The molecule has 0 spiro atoms. The van der Waals surface area contributed by atoms with Crippen LogP contribution in [-0.2, 0) is 4.74 Å². The summed E-state index contributed by atoms with van der Waals surface area (Å²) in [5, 5.41) is 14.9. The van der Waals surface area contributed by atoms with Crippen molar-refractivity contribution in [2.24, 2.45) is 0 Å². The third-order valence-corrected chi connectivity index (χ3v) is 2.74. The van der Waals surface area contributed by atoms with Crippen LogP contribution in [0.1, 0.15) is 6.42 Å². The van der Waals surface area contributed by atoms with Crippen molar-refractivity contribution < 1.29 is 19.0 Å². The minimum absolute atomic E-state index is 0.105. The van der Waals surface area contributed by atoms with Gasteiger partial charge in [0.25, 0.3) is 0 Å². The van der Waals surface area contributed by atoms with E-state index in [1.165, 1.54) is 18.2 Å². The van der Waals surface area contributed by atoms with Crippen LogP contribution in [0.5, 0.6) is 0 Å². The Kier molecular flexibility index (Phi) is 3.78. The molecule has 2 amide bonds. The van der Waals surface area contributed by atoms with Gasteiger partial charge in [0.1, 0.15) is 11.4 Å². The molecule has 1 atom stereocenters. The van der Waals surface area contributed by atoms with Crippen LogP contribution in [0.25, 0.3) is 0 Å². The summed E-state index contributed by atoms with van der Waals surface area (Å²) < 4.78 is 17.9. The molecule has 1 aliphatic rings. The Morgan fingerprint density at radius 2 is 2.39 bits per heavy atom. The standard InChI is InChI=1S/C12H15FN2O3/c13-9-2-1-3-10(6-9)15-11(16)14-7-12(17)4-5-18-8-12/h1-3,6,17H,4-5,7-8H2,(H2,14,15,16). The van der Waals surface area contributed by atoms with Crippen LogP contribution in [0.3, 0.4) is 0 Å². The second-order valence-corrected chi connectivity index (χ2v) is 4.34. The van der Waals surface area contributed by atoms with E-state index in [-0.39, 0.29) is 13.2 Å². The van der Waals surface area contributed by atoms with Crippen molar-refractivity contribution in [3.05, 3.63) is 30.1 Å². The first-order valence-electron chi connectivity index (χ1n) is 5.68. The fourth-order valence-electron chi connectivity index (χ4n) is 1.72. The number of amides is 2. The topological polar surface area (TPSA) is 70.6 Å². The smallest absolute Gasteiger partial charge is 0.319 e. The normalized spacial score (nSPS) is 22.8. The predicted molar refractivity (Wildman–Crippen MR) is 63.8 cm³/mol. The fraction of sp³-hybridized carbons (Fsp3) is 0.417. The van der Waals surface area contributed by atoms with Crippen molar-refractivity contribution in [2.45, 2.75) is 12.0 Å². The molecule has 0 aliphatic carbocycles. The van der Waals surface area contributed by atoms with Crippen molar-refractivity contribution in [1.82, 2.24) is 5.32 Å². The van der Waals surface area contributed by atoms with Crippen molar-refractivity contribution in [3.63, 3.8) is 0 Å². The molecule has 0 bridgehead atoms. The Morgan fingerprint density at radius 3 is 3.06 bits per heavy atom. The van der Waals surface area contributed by atoms with E-state index in [4.69, 9.17) is 4.74 Å². The third kappa shape index (κ3) is 3.41. The van der Waals surface area contributed by atoms with Crippen LogP contribution >= 0.6 is 0 Å². The summed E-state index contributed by atoms with van der Waals surface area (Å²) in [6.45, 7) is 0.811. The molecule has 1 heterocycles. The van der Waals surface area contributed by atoms with E-state index in [2.05, 4.69) is 10.6 Å². The molecule has 1 unspecified atom stereocenters. The Bertz CT molecular complexity index is 433. The maximum Gasteiger partial charge on any atom is 0.319 e. The highest BCUT2D eigenvalue weighted by atomic mass is 19.1. The van der Waals surface area contributed by atoms with Gasteiger partial charge in [0.15, 0.2) is 0 Å². The number of carbonyl (C=O) groups excluding carboxylic acids is 1. The maximum atomic E-state index is 12.9. The number of hydrogen-bond acceptors (Lipinski definition) is 3. The van der Waals surface area contributed by atoms with Gasteiger partial charge in [-0.05, 0) is 18.2 Å². The van der Waals surface area contributed by atoms with Crippen molar-refractivity contribution in [3.8, 4) is 0 Å². The van der Waals surface area contributed by atoms with E-state index in [1.54, 1.807) is 6.07 Å². The fourth-order valence-corrected chi connectivity index (χ4v) is 1.72. The first-order valence-corrected chi connectivity index (χ1v) is 5.68. The zero-order chi connectivity index (χ0) is 13.0. The molecule has 0 saturated carbocycles. The molecule has 1 saturated heterocycles. The molecule has 1 aliphatic heterocycles. The lowest BCUT2D eigenvalue weighted by molar-refractivity contribution is 0.0295. The quantitative estimate of drug-likeness (QED) is 0.756. The summed E-state index contributed by atoms with van der Waals surface area (Å²) in [7, 11) is 0. The van der Waals surface area contributed by atoms with Crippen LogP contribution in [0.15, 0.2) is 24.3 Å². The van der Waals surface area contributed by atoms with Gasteiger partial charge < -0.3 is 20.5 Å². The van der Waals surface area contributed by atoms with Gasteiger partial charge in [0, 0.05) is 18.7 Å². The highest BCUT2D eigenvalue weighted by Gasteiger charge is 2.32. The molecular formula is C12H15FN2O3. The average molecular weight is 254 g/mol. The van der Waals surface area contributed by atoms with Gasteiger partial charge in [0.05, 0.1) is 13.2 Å². The number of nitrogens with one attached hydrogen (secondary N) is 2. The second-order valence-electron chi connectivity index (χ2n) is 4.34. The number of benzene rings is 1. The lowest BCUT2D eigenvalue weighted by Gasteiger charge is -2.20. The van der Waals surface area contributed by atoms with Crippen LogP contribution in [0, 0.1) is 5.82 Å². The number of rotatable bonds is 3. The summed E-state index contributed by atoms with van der Waals surface area (Å²) >= 11 is 0. The zero-order valence-electron chi connectivity index (χ0n) is 9.78. The molecule has 5 nitrogen and oxygen atoms in total. The monoisotopic (exact) mass is 254 g/mol. The van der Waals surface area contributed by atoms with Gasteiger partial charge in [-0.25, -0.2) is 9.18 Å². The molecule has 3 N–H and O–H groups in total. The van der Waals surface area contributed by atoms with Gasteiger partial charge in [0.2, 0.25) is 0 Å². The summed E-state index contributed by atoms with van der Waals surface area (Å²) in [6.07, 6.45) is 0.493. The Hall–Kier alpha value is -1.66. The number of carbonyl (C=O) groups is 1. The summed E-state index contributed by atoms with van der Waals surface area (Å²) in [4.78, 5) is 11.5. The number of halogens is 1. The lowest BCUT2D eigenvalue weighted by Crippen LogP contribution is -2.44. The van der Waals surface area contributed by atoms with Crippen molar-refractivity contribution >= 4 is 11.7 Å². The van der Waals surface area contributed by atoms with Crippen LogP contribution in [0.2, 0.25) is 0 Å². The average Bonchev–Trinajstić information content (AvgIpc) is 2.74. The molecule has 18 heavy (non-hydrogen) atoms. The predicted octanol–water partition coefficient (Wildman–Crippen LogP) is 1.10. The molecule has 0 aromatic heterocycles. The number of ether oxygens (including phenoxy) is 1. The van der Waals surface area contributed by atoms with Gasteiger partial charge in [-0.3, -0.25) is 0 Å². The maximum absolute atomic E-state index is 12.9. The minimum Gasteiger partial charge on any atom is -0.386 e. The van der Waals surface area contributed by atoms with Crippen LogP contribution in [0.4, 0.5) is 14.9 Å². The number of hydrogen-bond donors (Lipinski definition) is 3. The Labute approximate surface area is 104 Å². The largest absolute Gasteiger partial charge is 0.386 e. The second kappa shape index (κ2) is 5.32. The number of urea groups is 1. The molecule has 2 rings (SSSR count). The molecule has 6 heteroatoms. The van der Waals surface area contributed by atoms with Crippen LogP contribution in [-0.4, -0.2) is 36.5 Å². The van der Waals surface area contributed by atoms with E-state index in [1.807, 2.05) is 0 Å². The van der Waals surface area contributed by atoms with Gasteiger partial charge >= 0.3 is 6.03 Å². The van der Waals surface area contributed by atoms with E-state index >= 15 is 0 Å². The Balaban J connectivity index is 1.82. The van der Waals surface area contributed by atoms with Crippen molar-refractivity contribution in [1.29, 1.82) is 0 Å². The van der Waals surface area contributed by atoms with Gasteiger partial charge in [-0.1, -0.05) is 6.07 Å². The third-order valence-electron chi connectivity index (χ3n) is 2.74. The highest BCUT2D eigenvalue weighted by molar-refractivity contribution is 5.89. The van der Waals surface area contributed by atoms with E-state index in [0.29, 0.717) is 18.7 Å². The SMILES string of the molecule is O=C(NCC1(O)CCOC1)Nc1cccc(F)c1. The molecular weight excluding hydrogens is 239 g/mol. The molecule has 0 radical (unpaired) electrons. The summed E-state index contributed by atoms with van der Waals surface area (Å²) in [5.74, 6) is -0.421. The van der Waals surface area contributed by atoms with Crippen molar-refractivity contribution in [2.75, 3.05) is 25.1 Å². The first-order chi connectivity index (χ1) is 8.57. The number of aliphatic hydroxyl groups is 1. The Morgan fingerprint density at radius 1 is 1.56 bits per heavy atom. The van der Waals surface area contributed by atoms with E-state index in [0.717, 1.165) is 0 Å². The summed E-state index contributed by atoms with van der Waals surface area (Å²) in [5.41, 5.74) is -0.638. The van der Waals surface area contributed by atoms with E-state index < -0.39 is 17.4 Å².